The Bertz CT molecular complexity index is 1100. The van der Waals surface area contributed by atoms with Crippen molar-refractivity contribution in [2.45, 2.75) is 13.5 Å². The number of methoxy groups -OCH3 is 1. The Hall–Kier alpha value is -3.49. The third-order valence-electron chi connectivity index (χ3n) is 5.15. The zero-order valence-electron chi connectivity index (χ0n) is 16.4. The number of anilines is 1. The van der Waals surface area contributed by atoms with E-state index in [9.17, 15) is 9.59 Å². The number of aromatic nitrogens is 4. The minimum Gasteiger partial charge on any atom is -0.494 e. The molecule has 0 aromatic carbocycles. The van der Waals surface area contributed by atoms with Crippen LogP contribution in [0.25, 0.3) is 10.8 Å². The van der Waals surface area contributed by atoms with Gasteiger partial charge in [0.05, 0.1) is 24.4 Å². The number of aryl methyl sites for hydroxylation is 1. The number of rotatable bonds is 4. The molecule has 150 valence electrons. The van der Waals surface area contributed by atoms with Crippen molar-refractivity contribution in [3.05, 3.63) is 53.0 Å². The Morgan fingerprint density at radius 1 is 1.07 bits per heavy atom. The second kappa shape index (κ2) is 7.86. The van der Waals surface area contributed by atoms with Crippen LogP contribution in [0.2, 0.25) is 0 Å². The van der Waals surface area contributed by atoms with E-state index in [4.69, 9.17) is 4.74 Å². The van der Waals surface area contributed by atoms with Gasteiger partial charge in [-0.05, 0) is 13.0 Å². The molecule has 3 aromatic rings. The van der Waals surface area contributed by atoms with Crippen molar-refractivity contribution >= 4 is 22.4 Å². The highest BCUT2D eigenvalue weighted by Crippen LogP contribution is 2.27. The third kappa shape index (κ3) is 3.39. The van der Waals surface area contributed by atoms with Crippen LogP contribution in [-0.2, 0) is 6.54 Å². The van der Waals surface area contributed by atoms with Gasteiger partial charge < -0.3 is 14.5 Å². The SMILES string of the molecule is CCn1nc(C(=O)N2CCN(c3cnccc3OC)CC2)c2cnccc2c1=O. The van der Waals surface area contributed by atoms with Crippen LogP contribution in [0.3, 0.4) is 0 Å². The molecular formula is C20H22N6O3. The molecule has 1 amide bonds. The molecule has 4 rings (SSSR count). The van der Waals surface area contributed by atoms with E-state index in [-0.39, 0.29) is 17.2 Å². The number of ether oxygens (including phenoxy) is 1. The number of nitrogens with zero attached hydrogens (tertiary/aromatic N) is 6. The molecule has 0 aliphatic carbocycles. The van der Waals surface area contributed by atoms with E-state index in [0.29, 0.717) is 43.5 Å². The number of hydrogen-bond acceptors (Lipinski definition) is 7. The van der Waals surface area contributed by atoms with Gasteiger partial charge in [-0.3, -0.25) is 19.6 Å². The maximum absolute atomic E-state index is 13.2. The van der Waals surface area contributed by atoms with E-state index < -0.39 is 0 Å². The Morgan fingerprint density at radius 3 is 2.52 bits per heavy atom. The molecule has 0 radical (unpaired) electrons. The predicted molar refractivity (Wildman–Crippen MR) is 108 cm³/mol. The number of amides is 1. The number of carbonyl (C=O) groups excluding carboxylic acids is 1. The summed E-state index contributed by atoms with van der Waals surface area (Å²) in [5.41, 5.74) is 0.964. The van der Waals surface area contributed by atoms with Gasteiger partial charge in [0.25, 0.3) is 11.5 Å². The molecule has 0 bridgehead atoms. The molecule has 0 spiro atoms. The molecule has 3 aromatic heterocycles. The Balaban J connectivity index is 1.59. The van der Waals surface area contributed by atoms with Gasteiger partial charge in [0.1, 0.15) is 5.75 Å². The number of carbonyl (C=O) groups is 1. The van der Waals surface area contributed by atoms with Crippen molar-refractivity contribution in [2.24, 2.45) is 0 Å². The van der Waals surface area contributed by atoms with Gasteiger partial charge in [-0.15, -0.1) is 0 Å². The molecule has 1 fully saturated rings. The molecular weight excluding hydrogens is 372 g/mol. The summed E-state index contributed by atoms with van der Waals surface area (Å²) in [5, 5.41) is 5.27. The van der Waals surface area contributed by atoms with E-state index in [1.807, 2.05) is 13.0 Å². The first-order valence-corrected chi connectivity index (χ1v) is 9.51. The molecule has 9 heteroatoms. The number of hydrogen-bond donors (Lipinski definition) is 0. The van der Waals surface area contributed by atoms with Gasteiger partial charge in [-0.2, -0.15) is 5.10 Å². The lowest BCUT2D eigenvalue weighted by Crippen LogP contribution is -2.49. The highest BCUT2D eigenvalue weighted by Gasteiger charge is 2.27. The average Bonchev–Trinajstić information content (AvgIpc) is 2.79. The summed E-state index contributed by atoms with van der Waals surface area (Å²) in [4.78, 5) is 37.9. The van der Waals surface area contributed by atoms with Gasteiger partial charge >= 0.3 is 0 Å². The number of piperazine rings is 1. The fourth-order valence-corrected chi connectivity index (χ4v) is 3.58. The zero-order valence-corrected chi connectivity index (χ0v) is 16.4. The van der Waals surface area contributed by atoms with Crippen molar-refractivity contribution in [1.82, 2.24) is 24.6 Å². The molecule has 0 N–H and O–H groups in total. The summed E-state index contributed by atoms with van der Waals surface area (Å²) in [7, 11) is 1.63. The van der Waals surface area contributed by atoms with Gasteiger partial charge in [-0.25, -0.2) is 4.68 Å². The fourth-order valence-electron chi connectivity index (χ4n) is 3.58. The first kappa shape index (κ1) is 18.9. The topological polar surface area (TPSA) is 93.5 Å². The summed E-state index contributed by atoms with van der Waals surface area (Å²) < 4.78 is 6.74. The molecule has 9 nitrogen and oxygen atoms in total. The standard InChI is InChI=1S/C20H22N6O3/c1-3-26-19(27)14-4-6-21-12-15(14)18(23-26)20(28)25-10-8-24(9-11-25)16-13-22-7-5-17(16)29-2/h4-7,12-13H,3,8-11H2,1-2H3. The van der Waals surface area contributed by atoms with Gasteiger partial charge in [0.15, 0.2) is 5.69 Å². The molecule has 1 aliphatic heterocycles. The quantitative estimate of drug-likeness (QED) is 0.656. The molecule has 0 atom stereocenters. The molecule has 0 unspecified atom stereocenters. The van der Waals surface area contributed by atoms with Crippen molar-refractivity contribution in [1.29, 1.82) is 0 Å². The first-order valence-electron chi connectivity index (χ1n) is 9.51. The second-order valence-corrected chi connectivity index (χ2v) is 6.72. The summed E-state index contributed by atoms with van der Waals surface area (Å²) in [6.07, 6.45) is 6.55. The Kier molecular flexibility index (Phi) is 5.11. The van der Waals surface area contributed by atoms with Crippen molar-refractivity contribution in [3.8, 4) is 5.75 Å². The van der Waals surface area contributed by atoms with Crippen molar-refractivity contribution < 1.29 is 9.53 Å². The lowest BCUT2D eigenvalue weighted by molar-refractivity contribution is 0.0740. The summed E-state index contributed by atoms with van der Waals surface area (Å²) >= 11 is 0. The zero-order chi connectivity index (χ0) is 20.4. The van der Waals surface area contributed by atoms with Crippen LogP contribution >= 0.6 is 0 Å². The highest BCUT2D eigenvalue weighted by molar-refractivity contribution is 6.04. The maximum Gasteiger partial charge on any atom is 0.275 e. The summed E-state index contributed by atoms with van der Waals surface area (Å²) in [6, 6.07) is 3.46. The number of fused-ring (bicyclic) bond motifs is 1. The van der Waals surface area contributed by atoms with Crippen LogP contribution in [0, 0.1) is 0 Å². The first-order chi connectivity index (χ1) is 14.1. The molecule has 29 heavy (non-hydrogen) atoms. The number of pyridine rings is 2. The van der Waals surface area contributed by atoms with Crippen LogP contribution in [-0.4, -0.2) is 63.8 Å². The van der Waals surface area contributed by atoms with E-state index in [0.717, 1.165) is 11.4 Å². The van der Waals surface area contributed by atoms with Crippen molar-refractivity contribution in [3.63, 3.8) is 0 Å². The van der Waals surface area contributed by atoms with Crippen LogP contribution in [0.1, 0.15) is 17.4 Å². The monoisotopic (exact) mass is 394 g/mol. The molecule has 1 saturated heterocycles. The Morgan fingerprint density at radius 2 is 1.79 bits per heavy atom. The molecule has 4 heterocycles. The largest absolute Gasteiger partial charge is 0.494 e. The summed E-state index contributed by atoms with van der Waals surface area (Å²) in [5.74, 6) is 0.566. The van der Waals surface area contributed by atoms with Gasteiger partial charge in [0.2, 0.25) is 0 Å². The Labute approximate surface area is 167 Å². The minimum absolute atomic E-state index is 0.192. The van der Waals surface area contributed by atoms with E-state index >= 15 is 0 Å². The van der Waals surface area contributed by atoms with E-state index in [1.165, 1.54) is 10.9 Å². The van der Waals surface area contributed by atoms with Crippen LogP contribution in [0.15, 0.2) is 41.7 Å². The van der Waals surface area contributed by atoms with Crippen LogP contribution in [0.5, 0.6) is 5.75 Å². The van der Waals surface area contributed by atoms with E-state index in [2.05, 4.69) is 20.0 Å². The van der Waals surface area contributed by atoms with Gasteiger partial charge in [0, 0.05) is 62.8 Å². The minimum atomic E-state index is -0.213. The average molecular weight is 394 g/mol. The van der Waals surface area contributed by atoms with Crippen molar-refractivity contribution in [2.75, 3.05) is 38.2 Å². The highest BCUT2D eigenvalue weighted by atomic mass is 16.5. The van der Waals surface area contributed by atoms with E-state index in [1.54, 1.807) is 36.7 Å². The predicted octanol–water partition coefficient (Wildman–Crippen LogP) is 1.18. The normalized spacial score (nSPS) is 14.3. The molecule has 0 saturated carbocycles. The lowest BCUT2D eigenvalue weighted by atomic mass is 10.1. The smallest absolute Gasteiger partial charge is 0.275 e. The van der Waals surface area contributed by atoms with Crippen LogP contribution in [0.4, 0.5) is 5.69 Å². The maximum atomic E-state index is 13.2. The fraction of sp³-hybridized carbons (Fsp3) is 0.350. The van der Waals surface area contributed by atoms with Crippen LogP contribution < -0.4 is 15.2 Å². The molecule has 1 aliphatic rings. The second-order valence-electron chi connectivity index (χ2n) is 6.72. The van der Waals surface area contributed by atoms with Gasteiger partial charge in [-0.1, -0.05) is 0 Å². The third-order valence-corrected chi connectivity index (χ3v) is 5.15. The summed E-state index contributed by atoms with van der Waals surface area (Å²) in [6.45, 7) is 4.59. The lowest BCUT2D eigenvalue weighted by Gasteiger charge is -2.36.